The summed E-state index contributed by atoms with van der Waals surface area (Å²) in [6, 6.07) is 5.96. The van der Waals surface area contributed by atoms with Crippen LogP contribution in [-0.4, -0.2) is 20.4 Å². The second kappa shape index (κ2) is 8.39. The maximum absolute atomic E-state index is 12.2. The molecular weight excluding hydrogens is 310 g/mol. The molecule has 1 aromatic carbocycles. The van der Waals surface area contributed by atoms with E-state index in [0.29, 0.717) is 0 Å². The molecule has 1 unspecified atom stereocenters. The number of nitrogens with one attached hydrogen (secondary N) is 1. The summed E-state index contributed by atoms with van der Waals surface area (Å²) in [6.07, 6.45) is 5.42. The van der Waals surface area contributed by atoms with Crippen LogP contribution < -0.4 is 5.32 Å². The molecule has 118 valence electrons. The minimum absolute atomic E-state index is 0.000409. The predicted molar refractivity (Wildman–Crippen MR) is 85.2 cm³/mol. The average Bonchev–Trinajstić information content (AvgIpc) is 2.42. The second-order valence-electron chi connectivity index (χ2n) is 5.16. The number of amides is 1. The molecule has 4 nitrogen and oxygen atoms in total. The number of hydrogen-bond acceptors (Lipinski definition) is 3. The third-order valence-electron chi connectivity index (χ3n) is 3.26. The van der Waals surface area contributed by atoms with Gasteiger partial charge in [0.25, 0.3) is 15.0 Å². The van der Waals surface area contributed by atoms with Gasteiger partial charge in [-0.2, -0.15) is 0 Å². The van der Waals surface area contributed by atoms with Crippen molar-refractivity contribution < 1.29 is 13.2 Å². The fraction of sp³-hybridized carbons (Fsp3) is 0.533. The summed E-state index contributed by atoms with van der Waals surface area (Å²) in [6.45, 7) is 4.07. The van der Waals surface area contributed by atoms with Crippen LogP contribution in [0.4, 0.5) is 0 Å². The van der Waals surface area contributed by atoms with Crippen LogP contribution in [-0.2, 0) is 9.05 Å². The zero-order valence-electron chi connectivity index (χ0n) is 12.4. The van der Waals surface area contributed by atoms with Crippen molar-refractivity contribution in [2.75, 3.05) is 0 Å². The first-order valence-corrected chi connectivity index (χ1v) is 9.51. The predicted octanol–water partition coefficient (Wildman–Crippen LogP) is 3.70. The minimum Gasteiger partial charge on any atom is -0.350 e. The summed E-state index contributed by atoms with van der Waals surface area (Å²) in [5, 5.41) is 2.82. The first-order valence-electron chi connectivity index (χ1n) is 7.20. The molecule has 0 radical (unpaired) electrons. The molecule has 0 saturated heterocycles. The molecule has 0 aromatic heterocycles. The summed E-state index contributed by atoms with van der Waals surface area (Å²) in [7, 11) is 1.43. The summed E-state index contributed by atoms with van der Waals surface area (Å²) in [4.78, 5) is 12.0. The van der Waals surface area contributed by atoms with Gasteiger partial charge in [0, 0.05) is 16.7 Å². The normalized spacial score (nSPS) is 12.9. The summed E-state index contributed by atoms with van der Waals surface area (Å²) in [5.41, 5.74) is 0.0907. The lowest BCUT2D eigenvalue weighted by molar-refractivity contribution is 0.0934. The lowest BCUT2D eigenvalue weighted by Crippen LogP contribution is -2.33. The Labute approximate surface area is 131 Å². The van der Waals surface area contributed by atoms with Crippen LogP contribution in [0.5, 0.6) is 0 Å². The Hall–Kier alpha value is -1.07. The Morgan fingerprint density at radius 2 is 1.90 bits per heavy atom. The molecule has 1 atom stereocenters. The third kappa shape index (κ3) is 6.06. The van der Waals surface area contributed by atoms with Gasteiger partial charge in [0.15, 0.2) is 0 Å². The molecule has 0 bridgehead atoms. The third-order valence-corrected chi connectivity index (χ3v) is 4.64. The van der Waals surface area contributed by atoms with E-state index in [-0.39, 0.29) is 16.5 Å². The zero-order valence-corrected chi connectivity index (χ0v) is 14.0. The van der Waals surface area contributed by atoms with Crippen molar-refractivity contribution in [2.24, 2.45) is 0 Å². The van der Waals surface area contributed by atoms with Crippen molar-refractivity contribution >= 4 is 25.6 Å². The molecule has 1 amide bonds. The van der Waals surface area contributed by atoms with Crippen LogP contribution in [0.25, 0.3) is 0 Å². The molecule has 0 heterocycles. The van der Waals surface area contributed by atoms with Gasteiger partial charge in [0.1, 0.15) is 0 Å². The summed E-state index contributed by atoms with van der Waals surface area (Å²) >= 11 is 0. The number of carbonyl (C=O) groups is 1. The van der Waals surface area contributed by atoms with Gasteiger partial charge in [-0.15, -0.1) is 0 Å². The molecule has 0 aliphatic carbocycles. The fourth-order valence-electron chi connectivity index (χ4n) is 2.12. The number of rotatable bonds is 8. The number of halogens is 1. The molecule has 0 aliphatic rings. The van der Waals surface area contributed by atoms with Crippen LogP contribution in [0, 0.1) is 0 Å². The number of carbonyl (C=O) groups excluding carboxylic acids is 1. The van der Waals surface area contributed by atoms with Gasteiger partial charge in [0.2, 0.25) is 0 Å². The van der Waals surface area contributed by atoms with E-state index in [1.54, 1.807) is 12.1 Å². The van der Waals surface area contributed by atoms with Crippen LogP contribution in [0.15, 0.2) is 29.2 Å². The van der Waals surface area contributed by atoms with E-state index in [1.165, 1.54) is 25.0 Å². The highest BCUT2D eigenvalue weighted by atomic mass is 35.7. The van der Waals surface area contributed by atoms with Gasteiger partial charge in [0.05, 0.1) is 10.5 Å². The maximum Gasteiger partial charge on any atom is 0.262 e. The van der Waals surface area contributed by atoms with Crippen molar-refractivity contribution in [3.8, 4) is 0 Å². The monoisotopic (exact) mass is 331 g/mol. The Bertz CT molecular complexity index is 572. The van der Waals surface area contributed by atoms with E-state index in [4.69, 9.17) is 10.7 Å². The molecule has 0 spiro atoms. The lowest BCUT2D eigenvalue weighted by Gasteiger charge is -2.14. The van der Waals surface area contributed by atoms with Crippen LogP contribution in [0.1, 0.15) is 56.3 Å². The second-order valence-corrected chi connectivity index (χ2v) is 7.69. The Morgan fingerprint density at radius 1 is 1.24 bits per heavy atom. The average molecular weight is 332 g/mol. The van der Waals surface area contributed by atoms with E-state index in [1.807, 2.05) is 6.92 Å². The van der Waals surface area contributed by atoms with Crippen molar-refractivity contribution in [1.82, 2.24) is 5.32 Å². The smallest absolute Gasteiger partial charge is 0.262 e. The van der Waals surface area contributed by atoms with Crippen molar-refractivity contribution in [2.45, 2.75) is 56.9 Å². The van der Waals surface area contributed by atoms with Crippen LogP contribution in [0.3, 0.4) is 0 Å². The number of hydrogen-bond donors (Lipinski definition) is 1. The van der Waals surface area contributed by atoms with Crippen molar-refractivity contribution in [1.29, 1.82) is 0 Å². The van der Waals surface area contributed by atoms with Crippen LogP contribution in [0.2, 0.25) is 0 Å². The van der Waals surface area contributed by atoms with Gasteiger partial charge >= 0.3 is 0 Å². The SMILES string of the molecule is CCCCCCC(C)NC(=O)c1ccccc1S(=O)(=O)Cl. The first kappa shape index (κ1) is 18.0. The zero-order chi connectivity index (χ0) is 15.9. The van der Waals surface area contributed by atoms with Crippen molar-refractivity contribution in [3.63, 3.8) is 0 Å². The molecule has 0 fully saturated rings. The molecule has 6 heteroatoms. The lowest BCUT2D eigenvalue weighted by atomic mass is 10.1. The van der Waals surface area contributed by atoms with E-state index >= 15 is 0 Å². The highest BCUT2D eigenvalue weighted by Gasteiger charge is 2.20. The van der Waals surface area contributed by atoms with Crippen molar-refractivity contribution in [3.05, 3.63) is 29.8 Å². The summed E-state index contributed by atoms with van der Waals surface area (Å²) < 4.78 is 22.9. The van der Waals surface area contributed by atoms with E-state index in [0.717, 1.165) is 19.3 Å². The Kier molecular flexibility index (Phi) is 7.18. The van der Waals surface area contributed by atoms with Gasteiger partial charge in [-0.3, -0.25) is 4.79 Å². The summed E-state index contributed by atoms with van der Waals surface area (Å²) in [5.74, 6) is -0.405. The molecule has 1 N–H and O–H groups in total. The molecule has 1 rings (SSSR count). The fourth-order valence-corrected chi connectivity index (χ4v) is 3.19. The number of unbranched alkanes of at least 4 members (excludes halogenated alkanes) is 3. The van der Waals surface area contributed by atoms with Gasteiger partial charge in [-0.05, 0) is 25.5 Å². The van der Waals surface area contributed by atoms with E-state index in [9.17, 15) is 13.2 Å². The van der Waals surface area contributed by atoms with Crippen LogP contribution >= 0.6 is 10.7 Å². The largest absolute Gasteiger partial charge is 0.350 e. The van der Waals surface area contributed by atoms with Gasteiger partial charge in [-0.25, -0.2) is 8.42 Å². The quantitative estimate of drug-likeness (QED) is 0.583. The number of benzene rings is 1. The van der Waals surface area contributed by atoms with Gasteiger partial charge in [-0.1, -0.05) is 44.7 Å². The maximum atomic E-state index is 12.2. The topological polar surface area (TPSA) is 63.2 Å². The molecule has 0 saturated carbocycles. The highest BCUT2D eigenvalue weighted by Crippen LogP contribution is 2.20. The molecule has 1 aromatic rings. The molecule has 21 heavy (non-hydrogen) atoms. The van der Waals surface area contributed by atoms with E-state index in [2.05, 4.69) is 12.2 Å². The minimum atomic E-state index is -3.93. The highest BCUT2D eigenvalue weighted by molar-refractivity contribution is 8.13. The molecule has 0 aliphatic heterocycles. The first-order chi connectivity index (χ1) is 9.86. The van der Waals surface area contributed by atoms with Gasteiger partial charge < -0.3 is 5.32 Å². The standard InChI is InChI=1S/C15H22ClNO3S/c1-3-4-5-6-9-12(2)17-15(18)13-10-7-8-11-14(13)21(16,19)20/h7-8,10-12H,3-6,9H2,1-2H3,(H,17,18). The molecular formula is C15H22ClNO3S. The van der Waals surface area contributed by atoms with E-state index < -0.39 is 15.0 Å². The Balaban J connectivity index is 2.68. The Morgan fingerprint density at radius 3 is 2.52 bits per heavy atom.